The molecule has 2 heterocycles. The SMILES string of the molecule is C=CC(=O)OCC(C)OC(=O)CCC(=O)Oc1ccc(OC(=O)CCC(=O)OCC(C)OC(=O)C=C)c2nc(-c3cc4c(C)cc(C)cc4o3)sc12. The molecule has 15 heteroatoms. The molecule has 0 aliphatic heterocycles. The van der Waals surface area contributed by atoms with Crippen LogP contribution in [0.4, 0.5) is 0 Å². The molecule has 0 aliphatic carbocycles. The lowest BCUT2D eigenvalue weighted by Gasteiger charge is -2.13. The average molecular weight is 736 g/mol. The third-order valence-electron chi connectivity index (χ3n) is 7.11. The molecular weight excluding hydrogens is 698 g/mol. The molecule has 274 valence electrons. The first-order chi connectivity index (χ1) is 24.8. The number of aryl methyl sites for hydroxylation is 2. The van der Waals surface area contributed by atoms with E-state index in [4.69, 9.17) is 32.8 Å². The Hall–Kier alpha value is -5.83. The Bertz CT molecular complexity index is 2020. The maximum absolute atomic E-state index is 12.8. The fraction of sp³-hybridized carbons (Fsp3) is 0.324. The summed E-state index contributed by atoms with van der Waals surface area (Å²) in [5, 5.41) is 1.30. The van der Waals surface area contributed by atoms with Crippen molar-refractivity contribution in [2.24, 2.45) is 0 Å². The molecule has 0 spiro atoms. The van der Waals surface area contributed by atoms with Gasteiger partial charge in [0, 0.05) is 17.5 Å². The molecule has 0 N–H and O–H groups in total. The first-order valence-electron chi connectivity index (χ1n) is 16.1. The molecule has 0 amide bonds. The standard InChI is InChI=1S/C37H37NO13S/c1-7-29(39)45-18-23(6)48-32(42)13-14-34(44)51-26-10-9-25(50-33(43)12-11-31(41)46-19-22(5)47-30(40)8-2)35-36(26)52-37(38-35)28-17-24-21(4)15-20(3)16-27(24)49-28/h7-10,15-17,22-23H,1-2,11-14,18-19H2,3-6H3. The minimum atomic E-state index is -0.759. The number of hydrogen-bond donors (Lipinski definition) is 0. The Labute approximate surface area is 302 Å². The van der Waals surface area contributed by atoms with Crippen LogP contribution >= 0.6 is 11.3 Å². The topological polar surface area (TPSA) is 184 Å². The van der Waals surface area contributed by atoms with Crippen molar-refractivity contribution in [3.63, 3.8) is 0 Å². The zero-order valence-electron chi connectivity index (χ0n) is 29.0. The Morgan fingerprint density at radius 2 is 1.37 bits per heavy atom. The highest BCUT2D eigenvalue weighted by atomic mass is 32.1. The van der Waals surface area contributed by atoms with Gasteiger partial charge in [-0.1, -0.05) is 19.2 Å². The van der Waals surface area contributed by atoms with Crippen molar-refractivity contribution in [3.05, 3.63) is 66.8 Å². The quantitative estimate of drug-likeness (QED) is 0.0531. The van der Waals surface area contributed by atoms with Gasteiger partial charge in [0.15, 0.2) is 22.3 Å². The van der Waals surface area contributed by atoms with Gasteiger partial charge < -0.3 is 32.8 Å². The lowest BCUT2D eigenvalue weighted by molar-refractivity contribution is -0.156. The van der Waals surface area contributed by atoms with Crippen LogP contribution in [-0.4, -0.2) is 66.2 Å². The zero-order valence-corrected chi connectivity index (χ0v) is 29.8. The maximum atomic E-state index is 12.8. The highest BCUT2D eigenvalue weighted by Crippen LogP contribution is 2.42. The molecule has 14 nitrogen and oxygen atoms in total. The van der Waals surface area contributed by atoms with Crippen molar-refractivity contribution in [2.45, 2.75) is 65.6 Å². The van der Waals surface area contributed by atoms with E-state index in [1.54, 1.807) is 0 Å². The molecule has 0 fully saturated rings. The number of ether oxygens (including phenoxy) is 6. The van der Waals surface area contributed by atoms with E-state index in [-0.39, 0.29) is 55.9 Å². The number of hydrogen-bond acceptors (Lipinski definition) is 15. The summed E-state index contributed by atoms with van der Waals surface area (Å²) in [7, 11) is 0. The van der Waals surface area contributed by atoms with Crippen LogP contribution in [0.1, 0.15) is 50.7 Å². The fourth-order valence-corrected chi connectivity index (χ4v) is 5.70. The predicted octanol–water partition coefficient (Wildman–Crippen LogP) is 6.02. The number of carbonyl (C=O) groups excluding carboxylic acids is 6. The second-order valence-electron chi connectivity index (χ2n) is 11.6. The first-order valence-corrected chi connectivity index (χ1v) is 16.9. The van der Waals surface area contributed by atoms with Crippen molar-refractivity contribution < 1.29 is 61.6 Å². The van der Waals surface area contributed by atoms with Crippen molar-refractivity contribution in [1.82, 2.24) is 4.98 Å². The van der Waals surface area contributed by atoms with Crippen molar-refractivity contribution in [1.29, 1.82) is 0 Å². The van der Waals surface area contributed by atoms with E-state index in [0.717, 1.165) is 40.0 Å². The highest BCUT2D eigenvalue weighted by molar-refractivity contribution is 7.22. The van der Waals surface area contributed by atoms with Crippen LogP contribution in [-0.2, 0) is 47.7 Å². The maximum Gasteiger partial charge on any atom is 0.330 e. The molecule has 2 aromatic heterocycles. The van der Waals surface area contributed by atoms with Gasteiger partial charge in [-0.2, -0.15) is 0 Å². The molecule has 0 bridgehead atoms. The summed E-state index contributed by atoms with van der Waals surface area (Å²) >= 11 is 1.13. The van der Waals surface area contributed by atoms with Crippen LogP contribution in [0, 0.1) is 13.8 Å². The summed E-state index contributed by atoms with van der Waals surface area (Å²) in [6.45, 7) is 13.2. The van der Waals surface area contributed by atoms with Gasteiger partial charge in [-0.25, -0.2) is 14.6 Å². The zero-order chi connectivity index (χ0) is 37.9. The summed E-state index contributed by atoms with van der Waals surface area (Å²) in [4.78, 5) is 77.3. The predicted molar refractivity (Wildman–Crippen MR) is 187 cm³/mol. The van der Waals surface area contributed by atoms with Crippen LogP contribution in [0.25, 0.3) is 32.0 Å². The Kier molecular flexibility index (Phi) is 13.4. The summed E-state index contributed by atoms with van der Waals surface area (Å²) < 4.78 is 37.7. The second kappa shape index (κ2) is 17.9. The van der Waals surface area contributed by atoms with Gasteiger partial charge in [-0.3, -0.25) is 19.2 Å². The summed E-state index contributed by atoms with van der Waals surface area (Å²) in [6, 6.07) is 8.59. The smallest absolute Gasteiger partial charge is 0.330 e. The third-order valence-corrected chi connectivity index (χ3v) is 8.19. The molecule has 0 saturated carbocycles. The van der Waals surface area contributed by atoms with Crippen LogP contribution in [0.15, 0.2) is 60.1 Å². The molecule has 0 radical (unpaired) electrons. The molecule has 4 rings (SSSR count). The van der Waals surface area contributed by atoms with Gasteiger partial charge >= 0.3 is 35.8 Å². The second-order valence-corrected chi connectivity index (χ2v) is 12.6. The number of esters is 6. The van der Waals surface area contributed by atoms with Crippen LogP contribution in [0.2, 0.25) is 0 Å². The van der Waals surface area contributed by atoms with Crippen molar-refractivity contribution in [3.8, 4) is 22.3 Å². The molecule has 52 heavy (non-hydrogen) atoms. The molecule has 2 unspecified atom stereocenters. The average Bonchev–Trinajstić information content (AvgIpc) is 3.75. The fourth-order valence-electron chi connectivity index (χ4n) is 4.72. The van der Waals surface area contributed by atoms with Gasteiger partial charge in [-0.15, -0.1) is 11.3 Å². The number of rotatable bonds is 17. The van der Waals surface area contributed by atoms with Crippen LogP contribution in [0.3, 0.4) is 0 Å². The monoisotopic (exact) mass is 735 g/mol. The number of carbonyl (C=O) groups is 6. The van der Waals surface area contributed by atoms with E-state index in [0.29, 0.717) is 21.1 Å². The lowest BCUT2D eigenvalue weighted by Crippen LogP contribution is -2.22. The highest BCUT2D eigenvalue weighted by Gasteiger charge is 2.23. The first kappa shape index (κ1) is 39.0. The van der Waals surface area contributed by atoms with Crippen LogP contribution in [0.5, 0.6) is 11.5 Å². The van der Waals surface area contributed by atoms with Gasteiger partial charge in [0.1, 0.15) is 41.2 Å². The van der Waals surface area contributed by atoms with E-state index in [2.05, 4.69) is 18.1 Å². The van der Waals surface area contributed by atoms with Crippen LogP contribution < -0.4 is 9.47 Å². The third kappa shape index (κ3) is 10.8. The normalized spacial score (nSPS) is 12.0. The Morgan fingerprint density at radius 1 is 0.769 bits per heavy atom. The van der Waals surface area contributed by atoms with E-state index in [9.17, 15) is 28.8 Å². The molecule has 4 aromatic rings. The van der Waals surface area contributed by atoms with Gasteiger partial charge in [-0.05, 0) is 63.1 Å². The number of nitrogens with zero attached hydrogens (tertiary/aromatic N) is 1. The van der Waals surface area contributed by atoms with E-state index >= 15 is 0 Å². The van der Waals surface area contributed by atoms with Gasteiger partial charge in [0.2, 0.25) is 0 Å². The van der Waals surface area contributed by atoms with E-state index < -0.39 is 48.0 Å². The van der Waals surface area contributed by atoms with E-state index in [1.807, 2.05) is 32.0 Å². The van der Waals surface area contributed by atoms with Gasteiger partial charge in [0.25, 0.3) is 0 Å². The Morgan fingerprint density at radius 3 is 2.06 bits per heavy atom. The van der Waals surface area contributed by atoms with E-state index in [1.165, 1.54) is 26.0 Å². The summed E-state index contributed by atoms with van der Waals surface area (Å²) in [5.41, 5.74) is 2.87. The molecule has 0 aliphatic rings. The van der Waals surface area contributed by atoms with Crippen molar-refractivity contribution in [2.75, 3.05) is 13.2 Å². The summed E-state index contributed by atoms with van der Waals surface area (Å²) in [5.74, 6) is -3.65. The lowest BCUT2D eigenvalue weighted by atomic mass is 10.1. The molecular formula is C37H37NO13S. The minimum Gasteiger partial charge on any atom is -0.462 e. The Balaban J connectivity index is 1.48. The number of thiazole rings is 1. The molecule has 2 aromatic carbocycles. The molecule has 2 atom stereocenters. The number of benzene rings is 2. The number of fused-ring (bicyclic) bond motifs is 2. The summed E-state index contributed by atoms with van der Waals surface area (Å²) in [6.07, 6.45) is -0.739. The van der Waals surface area contributed by atoms with Crippen molar-refractivity contribution >= 4 is 68.3 Å². The number of aromatic nitrogens is 1. The number of furan rings is 1. The molecule has 0 saturated heterocycles. The van der Waals surface area contributed by atoms with Gasteiger partial charge in [0.05, 0.1) is 25.7 Å². The largest absolute Gasteiger partial charge is 0.462 e. The minimum absolute atomic E-state index is 0.0403.